The minimum atomic E-state index is -3.72. The van der Waals surface area contributed by atoms with Crippen molar-refractivity contribution in [2.75, 3.05) is 6.54 Å². The zero-order valence-corrected chi connectivity index (χ0v) is 12.5. The van der Waals surface area contributed by atoms with E-state index < -0.39 is 15.4 Å². The lowest BCUT2D eigenvalue weighted by Gasteiger charge is -2.20. The Morgan fingerprint density at radius 2 is 1.74 bits per heavy atom. The van der Waals surface area contributed by atoms with Gasteiger partial charge in [-0.05, 0) is 25.0 Å². The van der Waals surface area contributed by atoms with Crippen molar-refractivity contribution in [3.05, 3.63) is 29.8 Å². The van der Waals surface area contributed by atoms with E-state index >= 15 is 0 Å². The van der Waals surface area contributed by atoms with Crippen molar-refractivity contribution < 1.29 is 13.2 Å². The molecule has 0 saturated carbocycles. The van der Waals surface area contributed by atoms with Crippen molar-refractivity contribution >= 4 is 15.9 Å². The van der Waals surface area contributed by atoms with Gasteiger partial charge in [0.25, 0.3) is 10.0 Å². The normalized spacial score (nSPS) is 22.8. The van der Waals surface area contributed by atoms with E-state index in [0.29, 0.717) is 0 Å². The first-order valence-corrected chi connectivity index (χ1v) is 7.75. The van der Waals surface area contributed by atoms with Gasteiger partial charge in [0.15, 0.2) is 0 Å². The maximum atomic E-state index is 12.5. The fourth-order valence-corrected chi connectivity index (χ4v) is 3.74. The molecule has 1 aliphatic heterocycles. The molecule has 2 rings (SSSR count). The molecule has 104 valence electrons. The number of amides is 1. The van der Waals surface area contributed by atoms with Gasteiger partial charge >= 0.3 is 0 Å². The van der Waals surface area contributed by atoms with Crippen LogP contribution in [0.15, 0.2) is 29.2 Å². The first-order valence-electron chi connectivity index (χ1n) is 6.31. The molecule has 4 nitrogen and oxygen atoms in total. The van der Waals surface area contributed by atoms with Gasteiger partial charge in [0.05, 0.1) is 4.90 Å². The standard InChI is InChI=1S/C14H19NO3S/c1-10-5-7-12(8-6-10)19(17,18)15-9-11(2)14(3,4)13(15)16/h5-8,11H,9H2,1-4H3. The fourth-order valence-electron chi connectivity index (χ4n) is 2.14. The summed E-state index contributed by atoms with van der Waals surface area (Å²) in [5.41, 5.74) is 0.359. The van der Waals surface area contributed by atoms with Crippen LogP contribution < -0.4 is 0 Å². The van der Waals surface area contributed by atoms with Gasteiger partial charge < -0.3 is 0 Å². The number of sulfonamides is 1. The Labute approximate surface area is 114 Å². The Morgan fingerprint density at radius 3 is 2.16 bits per heavy atom. The molecule has 1 aromatic carbocycles. The maximum Gasteiger partial charge on any atom is 0.266 e. The van der Waals surface area contributed by atoms with Gasteiger partial charge in [-0.25, -0.2) is 12.7 Å². The Kier molecular flexibility index (Phi) is 3.21. The van der Waals surface area contributed by atoms with Gasteiger partial charge in [0, 0.05) is 12.0 Å². The van der Waals surface area contributed by atoms with E-state index in [9.17, 15) is 13.2 Å². The molecule has 1 fully saturated rings. The van der Waals surface area contributed by atoms with Crippen molar-refractivity contribution in [1.29, 1.82) is 0 Å². The van der Waals surface area contributed by atoms with Gasteiger partial charge in [0.1, 0.15) is 0 Å². The summed E-state index contributed by atoms with van der Waals surface area (Å²) in [6.45, 7) is 7.64. The second-order valence-electron chi connectivity index (χ2n) is 5.78. The van der Waals surface area contributed by atoms with Crippen molar-refractivity contribution in [2.45, 2.75) is 32.6 Å². The minimum Gasteiger partial charge on any atom is -0.273 e. The van der Waals surface area contributed by atoms with Gasteiger partial charge in [0.2, 0.25) is 5.91 Å². The first kappa shape index (κ1) is 14.1. The Bertz CT molecular complexity index is 602. The molecule has 0 aromatic heterocycles. The van der Waals surface area contributed by atoms with Crippen LogP contribution >= 0.6 is 0 Å². The lowest BCUT2D eigenvalue weighted by atomic mass is 9.83. The zero-order valence-electron chi connectivity index (χ0n) is 11.7. The fraction of sp³-hybridized carbons (Fsp3) is 0.500. The number of carbonyl (C=O) groups is 1. The summed E-state index contributed by atoms with van der Waals surface area (Å²) in [5, 5.41) is 0. The molecule has 1 unspecified atom stereocenters. The summed E-state index contributed by atoms with van der Waals surface area (Å²) < 4.78 is 26.0. The number of benzene rings is 1. The third-order valence-corrected chi connectivity index (χ3v) is 5.82. The van der Waals surface area contributed by atoms with Gasteiger partial charge in [-0.15, -0.1) is 0 Å². The largest absolute Gasteiger partial charge is 0.273 e. The predicted molar refractivity (Wildman–Crippen MR) is 73.0 cm³/mol. The first-order chi connectivity index (χ1) is 8.67. The Hall–Kier alpha value is -1.36. The molecule has 0 spiro atoms. The molecule has 1 heterocycles. The second-order valence-corrected chi connectivity index (χ2v) is 7.64. The number of nitrogens with zero attached hydrogens (tertiary/aromatic N) is 1. The van der Waals surface area contributed by atoms with E-state index in [1.165, 1.54) is 0 Å². The predicted octanol–water partition coefficient (Wildman–Crippen LogP) is 2.19. The average Bonchev–Trinajstić information content (AvgIpc) is 2.54. The van der Waals surface area contributed by atoms with Crippen molar-refractivity contribution in [3.8, 4) is 0 Å². The quantitative estimate of drug-likeness (QED) is 0.835. The topological polar surface area (TPSA) is 54.5 Å². The molecule has 1 aliphatic rings. The highest BCUT2D eigenvalue weighted by atomic mass is 32.2. The van der Waals surface area contributed by atoms with E-state index in [1.807, 2.05) is 13.8 Å². The summed E-state index contributed by atoms with van der Waals surface area (Å²) >= 11 is 0. The highest BCUT2D eigenvalue weighted by molar-refractivity contribution is 7.89. The molecule has 5 heteroatoms. The second kappa shape index (κ2) is 4.34. The molecule has 0 bridgehead atoms. The number of carbonyl (C=O) groups excluding carboxylic acids is 1. The Morgan fingerprint density at radius 1 is 1.21 bits per heavy atom. The van der Waals surface area contributed by atoms with E-state index in [-0.39, 0.29) is 23.3 Å². The molecule has 0 radical (unpaired) electrons. The monoisotopic (exact) mass is 281 g/mol. The van der Waals surface area contributed by atoms with Crippen LogP contribution in [0.2, 0.25) is 0 Å². The summed E-state index contributed by atoms with van der Waals surface area (Å²) in [6, 6.07) is 6.58. The molecule has 0 N–H and O–H groups in total. The van der Waals surface area contributed by atoms with Crippen molar-refractivity contribution in [1.82, 2.24) is 4.31 Å². The number of hydrogen-bond donors (Lipinski definition) is 0. The van der Waals surface area contributed by atoms with Crippen LogP contribution in [-0.4, -0.2) is 25.2 Å². The van der Waals surface area contributed by atoms with Crippen LogP contribution in [0.25, 0.3) is 0 Å². The average molecular weight is 281 g/mol. The highest BCUT2D eigenvalue weighted by Crippen LogP contribution is 2.38. The van der Waals surface area contributed by atoms with Crippen molar-refractivity contribution in [3.63, 3.8) is 0 Å². The van der Waals surface area contributed by atoms with E-state index in [1.54, 1.807) is 38.1 Å². The molecular formula is C14H19NO3S. The molecule has 1 amide bonds. The van der Waals surface area contributed by atoms with Crippen LogP contribution in [0, 0.1) is 18.3 Å². The van der Waals surface area contributed by atoms with Crippen LogP contribution in [0.4, 0.5) is 0 Å². The number of aryl methyl sites for hydroxylation is 1. The number of hydrogen-bond acceptors (Lipinski definition) is 3. The molecule has 1 saturated heterocycles. The molecule has 0 aliphatic carbocycles. The maximum absolute atomic E-state index is 12.5. The zero-order chi connectivity index (χ0) is 14.4. The molecule has 19 heavy (non-hydrogen) atoms. The third kappa shape index (κ3) is 2.16. The van der Waals surface area contributed by atoms with E-state index in [0.717, 1.165) is 9.87 Å². The summed E-state index contributed by atoms with van der Waals surface area (Å²) in [6.07, 6.45) is 0. The highest BCUT2D eigenvalue weighted by Gasteiger charge is 2.49. The molecule has 1 atom stereocenters. The smallest absolute Gasteiger partial charge is 0.266 e. The van der Waals surface area contributed by atoms with Gasteiger partial charge in [-0.1, -0.05) is 38.5 Å². The summed E-state index contributed by atoms with van der Waals surface area (Å²) in [4.78, 5) is 12.4. The van der Waals surface area contributed by atoms with Gasteiger partial charge in [-0.2, -0.15) is 0 Å². The molecule has 1 aromatic rings. The van der Waals surface area contributed by atoms with Crippen LogP contribution in [0.3, 0.4) is 0 Å². The van der Waals surface area contributed by atoms with Crippen molar-refractivity contribution in [2.24, 2.45) is 11.3 Å². The Balaban J connectivity index is 2.42. The minimum absolute atomic E-state index is 0.0141. The lowest BCUT2D eigenvalue weighted by Crippen LogP contribution is -2.36. The van der Waals surface area contributed by atoms with E-state index in [2.05, 4.69) is 0 Å². The molecular weight excluding hydrogens is 262 g/mol. The van der Waals surface area contributed by atoms with Gasteiger partial charge in [-0.3, -0.25) is 4.79 Å². The number of rotatable bonds is 2. The third-order valence-electron chi connectivity index (χ3n) is 4.06. The summed E-state index contributed by atoms with van der Waals surface area (Å²) in [5.74, 6) is -0.305. The SMILES string of the molecule is Cc1ccc(S(=O)(=O)N2CC(C)C(C)(C)C2=O)cc1. The van der Waals surface area contributed by atoms with E-state index in [4.69, 9.17) is 0 Å². The van der Waals surface area contributed by atoms with Crippen LogP contribution in [-0.2, 0) is 14.8 Å². The summed E-state index contributed by atoms with van der Waals surface area (Å²) in [7, 11) is -3.72. The van der Waals surface area contributed by atoms with Crippen LogP contribution in [0.1, 0.15) is 26.3 Å². The lowest BCUT2D eigenvalue weighted by molar-refractivity contribution is -0.131. The van der Waals surface area contributed by atoms with Crippen LogP contribution in [0.5, 0.6) is 0 Å².